The van der Waals surface area contributed by atoms with Gasteiger partial charge in [0.1, 0.15) is 11.2 Å². The molecule has 1 heterocycles. The van der Waals surface area contributed by atoms with E-state index in [-0.39, 0.29) is 35.3 Å². The van der Waals surface area contributed by atoms with Crippen molar-refractivity contribution in [3.05, 3.63) is 264 Å². The van der Waals surface area contributed by atoms with Gasteiger partial charge in [0.15, 0.2) is 0 Å². The van der Waals surface area contributed by atoms with Crippen LogP contribution in [-0.4, -0.2) is 0 Å². The van der Waals surface area contributed by atoms with Crippen molar-refractivity contribution in [2.75, 3.05) is 9.80 Å². The smallest absolute Gasteiger partial charge is 0.135 e. The molecular formula is C64H44N2O. The molecule has 0 saturated carbocycles. The fourth-order valence-corrected chi connectivity index (χ4v) is 11.9. The molecule has 10 aromatic carbocycles. The highest BCUT2D eigenvalue weighted by molar-refractivity contribution is 6.07. The van der Waals surface area contributed by atoms with E-state index in [4.69, 9.17) is 8.53 Å². The topological polar surface area (TPSA) is 19.6 Å². The average molecular weight is 862 g/mol. The second kappa shape index (κ2) is 14.1. The Morgan fingerprint density at radius 1 is 0.343 bits per heavy atom. The minimum atomic E-state index is -0.802. The van der Waals surface area contributed by atoms with Gasteiger partial charge >= 0.3 is 0 Å². The Hall–Kier alpha value is -8.40. The summed E-state index contributed by atoms with van der Waals surface area (Å²) in [6.45, 7) is 4.65. The minimum Gasteiger partial charge on any atom is -0.456 e. The second-order valence-electron chi connectivity index (χ2n) is 18.5. The third kappa shape index (κ3) is 5.28. The predicted molar refractivity (Wildman–Crippen MR) is 277 cm³/mol. The van der Waals surface area contributed by atoms with Gasteiger partial charge in [0.05, 0.1) is 12.3 Å². The number of furan rings is 1. The maximum absolute atomic E-state index is 9.23. The number of fused-ring (bicyclic) bond motifs is 16. The number of benzene rings is 10. The van der Waals surface area contributed by atoms with E-state index in [1.807, 2.05) is 53.4 Å². The van der Waals surface area contributed by atoms with E-state index >= 15 is 0 Å². The molecule has 3 aliphatic carbocycles. The monoisotopic (exact) mass is 861 g/mol. The van der Waals surface area contributed by atoms with Crippen LogP contribution in [-0.2, 0) is 10.8 Å². The summed E-state index contributed by atoms with van der Waals surface area (Å²) < 4.78 is 50.8. The lowest BCUT2D eigenvalue weighted by atomic mass is 9.70. The SMILES string of the molecule is [2H]c1c([2H])c([2H])c(N(c2ccccc2)c2ccc3c(c2)C2(c4ccccc4-c4ccc(N(c5ccc6c(c5)C(C)(C)c5ccccc5-6)c5ccc6oc7ccccc7c6c5)cc42)c2ccccc2-3)c([2H])c1[2H]. The summed E-state index contributed by atoms with van der Waals surface area (Å²) in [5.41, 5.74) is 19.2. The van der Waals surface area contributed by atoms with Gasteiger partial charge in [-0.15, -0.1) is 0 Å². The third-order valence-corrected chi connectivity index (χ3v) is 14.7. The Morgan fingerprint density at radius 3 is 1.43 bits per heavy atom. The summed E-state index contributed by atoms with van der Waals surface area (Å²) in [5, 5.41) is 2.10. The predicted octanol–water partition coefficient (Wildman–Crippen LogP) is 17.2. The summed E-state index contributed by atoms with van der Waals surface area (Å²) in [5.74, 6) is 0. The van der Waals surface area contributed by atoms with E-state index in [1.54, 1.807) is 0 Å². The summed E-state index contributed by atoms with van der Waals surface area (Å²) in [6.07, 6.45) is 0. The molecule has 1 spiro atoms. The quantitative estimate of drug-likeness (QED) is 0.166. The summed E-state index contributed by atoms with van der Waals surface area (Å²) in [7, 11) is 0. The summed E-state index contributed by atoms with van der Waals surface area (Å²) in [4.78, 5) is 4.21. The summed E-state index contributed by atoms with van der Waals surface area (Å²) >= 11 is 0. The van der Waals surface area contributed by atoms with Crippen molar-refractivity contribution < 1.29 is 11.3 Å². The maximum atomic E-state index is 9.23. The maximum Gasteiger partial charge on any atom is 0.135 e. The molecule has 3 nitrogen and oxygen atoms in total. The van der Waals surface area contributed by atoms with Gasteiger partial charge in [-0.1, -0.05) is 159 Å². The lowest BCUT2D eigenvalue weighted by Crippen LogP contribution is -2.26. The van der Waals surface area contributed by atoms with Crippen molar-refractivity contribution in [3.8, 4) is 33.4 Å². The Bertz CT molecular complexity index is 4080. The molecule has 3 aliphatic rings. The van der Waals surface area contributed by atoms with Gasteiger partial charge in [-0.25, -0.2) is 0 Å². The summed E-state index contributed by atoms with van der Waals surface area (Å²) in [6, 6.07) is 69.0. The number of hydrogen-bond donors (Lipinski definition) is 0. The zero-order valence-electron chi connectivity index (χ0n) is 41.9. The molecule has 0 bridgehead atoms. The van der Waals surface area contributed by atoms with Crippen molar-refractivity contribution in [2.45, 2.75) is 24.7 Å². The largest absolute Gasteiger partial charge is 0.456 e. The Morgan fingerprint density at radius 2 is 0.791 bits per heavy atom. The molecule has 0 fully saturated rings. The lowest BCUT2D eigenvalue weighted by Gasteiger charge is -2.33. The van der Waals surface area contributed by atoms with Gasteiger partial charge in [-0.05, 0) is 152 Å². The zero-order chi connectivity index (χ0) is 48.8. The average Bonchev–Trinajstić information content (AvgIpc) is 4.11. The zero-order valence-corrected chi connectivity index (χ0v) is 36.9. The van der Waals surface area contributed by atoms with E-state index in [1.165, 1.54) is 22.3 Å². The third-order valence-electron chi connectivity index (χ3n) is 14.7. The van der Waals surface area contributed by atoms with Crippen LogP contribution in [0, 0.1) is 0 Å². The first kappa shape index (κ1) is 33.1. The first-order valence-electron chi connectivity index (χ1n) is 25.4. The lowest BCUT2D eigenvalue weighted by molar-refractivity contribution is 0.660. The van der Waals surface area contributed by atoms with Gasteiger partial charge in [-0.2, -0.15) is 0 Å². The molecule has 11 aromatic rings. The van der Waals surface area contributed by atoms with Crippen LogP contribution in [0.15, 0.2) is 235 Å². The highest BCUT2D eigenvalue weighted by Gasteiger charge is 2.52. The van der Waals surface area contributed by atoms with Crippen LogP contribution in [0.25, 0.3) is 55.3 Å². The van der Waals surface area contributed by atoms with Crippen LogP contribution in [0.1, 0.15) is 54.1 Å². The first-order chi connectivity index (χ1) is 35.0. The van der Waals surface area contributed by atoms with Gasteiger partial charge in [0, 0.05) is 50.3 Å². The van der Waals surface area contributed by atoms with Crippen molar-refractivity contribution in [3.63, 3.8) is 0 Å². The standard InChI is InChI=1S/C64H44N2O/c1-63(2)55-25-13-9-21-47(55)50-33-29-44(38-58(50)63)66(43-32-36-62-54(37-43)53-24-12-16-28-61(53)67-62)46-31-35-52-49-23-11-15-27-57(49)64(60(52)40-46)56-26-14-10-22-48(56)51-34-30-45(39-59(51)64)65(41-17-5-3-6-18-41)42-19-7-4-8-20-42/h3-40H,1-2H3/i3D,5D,6D,17D,18D. The van der Waals surface area contributed by atoms with Crippen LogP contribution in [0.5, 0.6) is 0 Å². The molecule has 316 valence electrons. The van der Waals surface area contributed by atoms with Gasteiger partial charge < -0.3 is 14.2 Å². The Kier molecular flexibility index (Phi) is 6.95. The van der Waals surface area contributed by atoms with Crippen LogP contribution in [0.2, 0.25) is 0 Å². The Labute approximate surface area is 397 Å². The normalized spacial score (nSPS) is 16.5. The van der Waals surface area contributed by atoms with Gasteiger partial charge in [-0.3, -0.25) is 0 Å². The molecule has 3 heteroatoms. The molecular weight excluding hydrogens is 813 g/mol. The molecule has 1 unspecified atom stereocenters. The van der Waals surface area contributed by atoms with E-state index in [0.717, 1.165) is 83.5 Å². The molecule has 0 amide bonds. The molecule has 1 atom stereocenters. The van der Waals surface area contributed by atoms with Crippen LogP contribution in [0.3, 0.4) is 0 Å². The Balaban J connectivity index is 1.03. The highest BCUT2D eigenvalue weighted by atomic mass is 16.3. The molecule has 1 aromatic heterocycles. The molecule has 67 heavy (non-hydrogen) atoms. The van der Waals surface area contributed by atoms with Crippen molar-refractivity contribution in [2.24, 2.45) is 0 Å². The number of anilines is 6. The number of hydrogen-bond acceptors (Lipinski definition) is 3. The van der Waals surface area contributed by atoms with E-state index in [0.29, 0.717) is 11.4 Å². The van der Waals surface area contributed by atoms with Crippen molar-refractivity contribution in [1.82, 2.24) is 0 Å². The molecule has 0 radical (unpaired) electrons. The van der Waals surface area contributed by atoms with E-state index < -0.39 is 11.5 Å². The van der Waals surface area contributed by atoms with Crippen molar-refractivity contribution in [1.29, 1.82) is 0 Å². The fourth-order valence-electron chi connectivity index (χ4n) is 11.9. The number of para-hydroxylation sites is 3. The second-order valence-corrected chi connectivity index (χ2v) is 18.5. The van der Waals surface area contributed by atoms with Gasteiger partial charge in [0.2, 0.25) is 0 Å². The van der Waals surface area contributed by atoms with E-state index in [2.05, 4.69) is 170 Å². The molecule has 0 N–H and O–H groups in total. The van der Waals surface area contributed by atoms with E-state index in [9.17, 15) is 2.74 Å². The number of nitrogens with zero attached hydrogens (tertiary/aromatic N) is 2. The molecule has 14 rings (SSSR count). The first-order valence-corrected chi connectivity index (χ1v) is 22.9. The fraction of sp³-hybridized carbons (Fsp3) is 0.0625. The molecule has 0 saturated heterocycles. The van der Waals surface area contributed by atoms with Crippen LogP contribution < -0.4 is 9.80 Å². The number of rotatable bonds is 6. The van der Waals surface area contributed by atoms with Gasteiger partial charge in [0.25, 0.3) is 0 Å². The highest BCUT2D eigenvalue weighted by Crippen LogP contribution is 2.64. The van der Waals surface area contributed by atoms with Crippen LogP contribution in [0.4, 0.5) is 34.1 Å². The minimum absolute atomic E-state index is 0.0878. The molecule has 0 aliphatic heterocycles. The van der Waals surface area contributed by atoms with Crippen LogP contribution >= 0.6 is 0 Å². The van der Waals surface area contributed by atoms with Crippen molar-refractivity contribution >= 4 is 56.1 Å².